The van der Waals surface area contributed by atoms with Gasteiger partial charge in [0.1, 0.15) is 6.04 Å². The van der Waals surface area contributed by atoms with Gasteiger partial charge in [-0.1, -0.05) is 85.5 Å². The quantitative estimate of drug-likeness (QED) is 0.243. The lowest BCUT2D eigenvalue weighted by Gasteiger charge is -2.34. The zero-order valence-electron chi connectivity index (χ0n) is 25.0. The number of nitrogens with one attached hydrogen (secondary N) is 1. The van der Waals surface area contributed by atoms with Crippen LogP contribution in [0.2, 0.25) is 5.02 Å². The third-order valence-electron chi connectivity index (χ3n) is 8.09. The number of amides is 2. The number of nitrogens with zero attached hydrogens (tertiary/aromatic N) is 2. The lowest BCUT2D eigenvalue weighted by Crippen LogP contribution is -2.53. The van der Waals surface area contributed by atoms with E-state index in [1.54, 1.807) is 29.2 Å². The van der Waals surface area contributed by atoms with Crippen LogP contribution in [0.15, 0.2) is 78.9 Å². The molecule has 3 aromatic carbocycles. The standard InChI is InChI=1S/C34H42ClN3O4S/c1-26-12-9-10-15-28(26)25-37(33(39)18-11-23-38(43(2,41)42)31-21-19-29(35)20-22-31)32(24-27-13-5-3-6-14-27)34(40)36-30-16-7-4-8-17-30/h3,5-6,9-10,12-15,19-22,30,32H,4,7-8,11,16-18,23-25H2,1-2H3,(H,36,40)/t32-/m1/s1. The Balaban J connectivity index is 1.59. The van der Waals surface area contributed by atoms with Gasteiger partial charge in [0.15, 0.2) is 0 Å². The van der Waals surface area contributed by atoms with Crippen molar-refractivity contribution in [3.8, 4) is 0 Å². The van der Waals surface area contributed by atoms with Gasteiger partial charge in [-0.3, -0.25) is 13.9 Å². The Kier molecular flexibility index (Phi) is 11.7. The average Bonchev–Trinajstić information content (AvgIpc) is 2.99. The summed E-state index contributed by atoms with van der Waals surface area (Å²) in [5.41, 5.74) is 3.47. The number of hydrogen-bond acceptors (Lipinski definition) is 4. The summed E-state index contributed by atoms with van der Waals surface area (Å²) >= 11 is 6.01. The molecule has 0 saturated heterocycles. The van der Waals surface area contributed by atoms with Gasteiger partial charge in [0, 0.05) is 37.0 Å². The number of sulfonamides is 1. The van der Waals surface area contributed by atoms with Gasteiger partial charge in [-0.2, -0.15) is 0 Å². The highest BCUT2D eigenvalue weighted by Crippen LogP contribution is 2.23. The second-order valence-electron chi connectivity index (χ2n) is 11.4. The van der Waals surface area contributed by atoms with Crippen molar-refractivity contribution in [2.75, 3.05) is 17.1 Å². The van der Waals surface area contributed by atoms with Crippen molar-refractivity contribution in [2.24, 2.45) is 0 Å². The molecule has 4 rings (SSSR count). The molecule has 1 N–H and O–H groups in total. The minimum Gasteiger partial charge on any atom is -0.352 e. The van der Waals surface area contributed by atoms with Gasteiger partial charge in [-0.25, -0.2) is 8.42 Å². The van der Waals surface area contributed by atoms with Gasteiger partial charge in [0.2, 0.25) is 21.8 Å². The van der Waals surface area contributed by atoms with Gasteiger partial charge >= 0.3 is 0 Å². The number of hydrogen-bond donors (Lipinski definition) is 1. The maximum Gasteiger partial charge on any atom is 0.243 e. The summed E-state index contributed by atoms with van der Waals surface area (Å²) in [5.74, 6) is -0.329. The SMILES string of the molecule is Cc1ccccc1CN(C(=O)CCCN(c1ccc(Cl)cc1)S(C)(=O)=O)[C@H](Cc1ccccc1)C(=O)NC1CCCCC1. The molecular formula is C34H42ClN3O4S. The molecule has 0 spiro atoms. The van der Waals surface area contributed by atoms with Gasteiger partial charge in [0.25, 0.3) is 0 Å². The van der Waals surface area contributed by atoms with Crippen molar-refractivity contribution in [1.29, 1.82) is 0 Å². The molecule has 0 radical (unpaired) electrons. The van der Waals surface area contributed by atoms with Crippen molar-refractivity contribution in [3.05, 3.63) is 101 Å². The molecule has 1 atom stereocenters. The van der Waals surface area contributed by atoms with Gasteiger partial charge in [-0.05, 0) is 67.1 Å². The number of halogens is 1. The Morgan fingerprint density at radius 1 is 0.930 bits per heavy atom. The Labute approximate surface area is 261 Å². The van der Waals surface area contributed by atoms with E-state index in [1.807, 2.05) is 61.5 Å². The number of anilines is 1. The smallest absolute Gasteiger partial charge is 0.243 e. The normalized spacial score (nSPS) is 14.6. The van der Waals surface area contributed by atoms with Crippen LogP contribution in [-0.2, 0) is 32.6 Å². The molecule has 1 aliphatic rings. The molecule has 0 heterocycles. The van der Waals surface area contributed by atoms with Gasteiger partial charge < -0.3 is 10.2 Å². The molecule has 43 heavy (non-hydrogen) atoms. The summed E-state index contributed by atoms with van der Waals surface area (Å²) in [6.07, 6.45) is 7.17. The lowest BCUT2D eigenvalue weighted by molar-refractivity contribution is -0.141. The first-order valence-corrected chi connectivity index (χ1v) is 17.3. The molecule has 3 aromatic rings. The minimum absolute atomic E-state index is 0.0908. The Morgan fingerprint density at radius 2 is 1.58 bits per heavy atom. The summed E-state index contributed by atoms with van der Waals surface area (Å²) in [5, 5.41) is 3.77. The van der Waals surface area contributed by atoms with E-state index in [-0.39, 0.29) is 37.4 Å². The Hall–Kier alpha value is -3.36. The third-order valence-corrected chi connectivity index (χ3v) is 9.54. The van der Waals surface area contributed by atoms with E-state index in [4.69, 9.17) is 11.6 Å². The van der Waals surface area contributed by atoms with E-state index in [9.17, 15) is 18.0 Å². The predicted molar refractivity (Wildman–Crippen MR) is 174 cm³/mol. The lowest BCUT2D eigenvalue weighted by atomic mass is 9.94. The summed E-state index contributed by atoms with van der Waals surface area (Å²) in [4.78, 5) is 29.7. The molecule has 0 aromatic heterocycles. The van der Waals surface area contributed by atoms with E-state index in [2.05, 4.69) is 5.32 Å². The highest BCUT2D eigenvalue weighted by atomic mass is 35.5. The molecular weight excluding hydrogens is 582 g/mol. The molecule has 0 aliphatic heterocycles. The van der Waals surface area contributed by atoms with E-state index < -0.39 is 16.1 Å². The number of carbonyl (C=O) groups is 2. The summed E-state index contributed by atoms with van der Waals surface area (Å²) < 4.78 is 26.6. The summed E-state index contributed by atoms with van der Waals surface area (Å²) in [6, 6.07) is 23.7. The van der Waals surface area contributed by atoms with Crippen LogP contribution in [0, 0.1) is 6.92 Å². The predicted octanol–water partition coefficient (Wildman–Crippen LogP) is 6.28. The van der Waals surface area contributed by atoms with Crippen LogP contribution < -0.4 is 9.62 Å². The van der Waals surface area contributed by atoms with Gasteiger partial charge in [0.05, 0.1) is 11.9 Å². The largest absolute Gasteiger partial charge is 0.352 e. The number of rotatable bonds is 13. The molecule has 1 fully saturated rings. The van der Waals surface area contributed by atoms with Crippen LogP contribution in [0.3, 0.4) is 0 Å². The molecule has 230 valence electrons. The first-order valence-electron chi connectivity index (χ1n) is 15.0. The van der Waals surface area contributed by atoms with Crippen molar-refractivity contribution < 1.29 is 18.0 Å². The molecule has 0 bridgehead atoms. The first kappa shape index (κ1) is 32.6. The molecule has 9 heteroatoms. The fourth-order valence-electron chi connectivity index (χ4n) is 5.68. The highest BCUT2D eigenvalue weighted by molar-refractivity contribution is 7.92. The topological polar surface area (TPSA) is 86.8 Å². The van der Waals surface area contributed by atoms with E-state index in [0.29, 0.717) is 23.6 Å². The number of carbonyl (C=O) groups excluding carboxylic acids is 2. The van der Waals surface area contributed by atoms with Crippen molar-refractivity contribution >= 4 is 39.1 Å². The zero-order chi connectivity index (χ0) is 30.8. The minimum atomic E-state index is -3.59. The van der Waals surface area contributed by atoms with Crippen molar-refractivity contribution in [1.82, 2.24) is 10.2 Å². The molecule has 1 saturated carbocycles. The zero-order valence-corrected chi connectivity index (χ0v) is 26.6. The van der Waals surface area contributed by atoms with E-state index in [0.717, 1.165) is 48.6 Å². The average molecular weight is 624 g/mol. The van der Waals surface area contributed by atoms with Crippen LogP contribution >= 0.6 is 11.6 Å². The van der Waals surface area contributed by atoms with Crippen LogP contribution in [0.4, 0.5) is 5.69 Å². The molecule has 7 nitrogen and oxygen atoms in total. The summed E-state index contributed by atoms with van der Waals surface area (Å²) in [6.45, 7) is 2.42. The van der Waals surface area contributed by atoms with Crippen LogP contribution in [0.25, 0.3) is 0 Å². The van der Waals surface area contributed by atoms with Crippen molar-refractivity contribution in [3.63, 3.8) is 0 Å². The maximum atomic E-state index is 14.1. The molecule has 0 unspecified atom stereocenters. The number of benzene rings is 3. The third kappa shape index (κ3) is 9.57. The summed E-state index contributed by atoms with van der Waals surface area (Å²) in [7, 11) is -3.59. The van der Waals surface area contributed by atoms with E-state index >= 15 is 0 Å². The number of aryl methyl sites for hydroxylation is 1. The monoisotopic (exact) mass is 623 g/mol. The van der Waals surface area contributed by atoms with Crippen molar-refractivity contribution in [2.45, 2.75) is 76.9 Å². The first-order chi connectivity index (χ1) is 20.6. The van der Waals surface area contributed by atoms with E-state index in [1.165, 1.54) is 10.7 Å². The maximum absolute atomic E-state index is 14.1. The second kappa shape index (κ2) is 15.4. The fourth-order valence-corrected chi connectivity index (χ4v) is 6.77. The van der Waals surface area contributed by atoms with Crippen LogP contribution in [0.5, 0.6) is 0 Å². The van der Waals surface area contributed by atoms with Crippen LogP contribution in [0.1, 0.15) is 61.6 Å². The highest BCUT2D eigenvalue weighted by Gasteiger charge is 2.32. The fraction of sp³-hybridized carbons (Fsp3) is 0.412. The Bertz CT molecular complexity index is 1460. The second-order valence-corrected chi connectivity index (χ2v) is 13.8. The molecule has 2 amide bonds. The molecule has 1 aliphatic carbocycles. The Morgan fingerprint density at radius 3 is 2.23 bits per heavy atom. The van der Waals surface area contributed by atoms with Gasteiger partial charge in [-0.15, -0.1) is 0 Å². The van der Waals surface area contributed by atoms with Crippen LogP contribution in [-0.4, -0.2) is 50.0 Å².